The van der Waals surface area contributed by atoms with Crippen LogP contribution in [0, 0.1) is 6.92 Å². The summed E-state index contributed by atoms with van der Waals surface area (Å²) in [6.45, 7) is 2.13. The zero-order valence-electron chi connectivity index (χ0n) is 10.2. The maximum Gasteiger partial charge on any atom is 0.0608 e. The zero-order valence-corrected chi connectivity index (χ0v) is 11.8. The van der Waals surface area contributed by atoms with Crippen molar-refractivity contribution in [3.8, 4) is 0 Å². The highest BCUT2D eigenvalue weighted by molar-refractivity contribution is 9.10. The number of rotatable bonds is 3. The highest BCUT2D eigenvalue weighted by Crippen LogP contribution is 2.26. The molecule has 0 saturated heterocycles. The van der Waals surface area contributed by atoms with E-state index in [-0.39, 0.29) is 6.04 Å². The lowest BCUT2D eigenvalue weighted by Crippen LogP contribution is -2.18. The molecule has 1 aromatic carbocycles. The van der Waals surface area contributed by atoms with Gasteiger partial charge in [-0.1, -0.05) is 22.0 Å². The Bertz CT molecular complexity index is 519. The summed E-state index contributed by atoms with van der Waals surface area (Å²) in [5.74, 6) is 0. The largest absolute Gasteiger partial charge is 0.309 e. The first-order chi connectivity index (χ1) is 8.11. The Hall–Kier alpha value is -1.13. The molecule has 17 heavy (non-hydrogen) atoms. The number of nitrogens with one attached hydrogen (secondary N) is 1. The molecule has 1 heterocycles. The summed E-state index contributed by atoms with van der Waals surface area (Å²) in [6, 6.07) is 6.53. The molecule has 3 nitrogen and oxygen atoms in total. The van der Waals surface area contributed by atoms with Gasteiger partial charge in [-0.25, -0.2) is 0 Å². The molecule has 0 spiro atoms. The van der Waals surface area contributed by atoms with E-state index in [1.165, 1.54) is 16.7 Å². The van der Waals surface area contributed by atoms with Crippen molar-refractivity contribution in [2.75, 3.05) is 7.05 Å². The molecule has 1 unspecified atom stereocenters. The van der Waals surface area contributed by atoms with Crippen molar-refractivity contribution < 1.29 is 0 Å². The van der Waals surface area contributed by atoms with Gasteiger partial charge in [-0.2, -0.15) is 5.10 Å². The van der Waals surface area contributed by atoms with Crippen molar-refractivity contribution in [3.05, 3.63) is 51.8 Å². The second kappa shape index (κ2) is 5.02. The Kier molecular flexibility index (Phi) is 3.64. The van der Waals surface area contributed by atoms with Gasteiger partial charge in [-0.05, 0) is 37.2 Å². The maximum absolute atomic E-state index is 4.23. The van der Waals surface area contributed by atoms with E-state index in [1.54, 1.807) is 0 Å². The zero-order chi connectivity index (χ0) is 12.4. The molecule has 0 aliphatic rings. The number of nitrogens with zero attached hydrogens (tertiary/aromatic N) is 2. The van der Waals surface area contributed by atoms with E-state index >= 15 is 0 Å². The molecule has 0 radical (unpaired) electrons. The van der Waals surface area contributed by atoms with E-state index in [0.29, 0.717) is 0 Å². The van der Waals surface area contributed by atoms with Crippen LogP contribution in [0.1, 0.15) is 22.7 Å². The summed E-state index contributed by atoms with van der Waals surface area (Å²) in [5, 5.41) is 7.57. The first-order valence-corrected chi connectivity index (χ1v) is 6.33. The third-order valence-corrected chi connectivity index (χ3v) is 3.39. The maximum atomic E-state index is 4.23. The standard InChI is InChI=1S/C13H16BrN3/c1-9-4-5-11(14)6-12(9)13(15-2)10-7-16-17(3)8-10/h4-8,13,15H,1-3H3. The minimum absolute atomic E-state index is 0.182. The predicted octanol–water partition coefficient (Wildman–Crippen LogP) is 2.80. The number of hydrogen-bond donors (Lipinski definition) is 1. The molecule has 0 aliphatic heterocycles. The van der Waals surface area contributed by atoms with Crippen LogP contribution >= 0.6 is 15.9 Å². The van der Waals surface area contributed by atoms with E-state index in [2.05, 4.69) is 51.5 Å². The van der Waals surface area contributed by atoms with Gasteiger partial charge in [0.15, 0.2) is 0 Å². The molecule has 0 aliphatic carbocycles. The third-order valence-electron chi connectivity index (χ3n) is 2.90. The summed E-state index contributed by atoms with van der Waals surface area (Å²) < 4.78 is 2.93. The Morgan fingerprint density at radius 1 is 1.41 bits per heavy atom. The van der Waals surface area contributed by atoms with Crippen molar-refractivity contribution in [1.29, 1.82) is 0 Å². The van der Waals surface area contributed by atoms with Gasteiger partial charge in [0.2, 0.25) is 0 Å². The lowest BCUT2D eigenvalue weighted by molar-refractivity contribution is 0.685. The Morgan fingerprint density at radius 2 is 2.18 bits per heavy atom. The van der Waals surface area contributed by atoms with E-state index < -0.39 is 0 Å². The highest BCUT2D eigenvalue weighted by atomic mass is 79.9. The van der Waals surface area contributed by atoms with Gasteiger partial charge in [0.05, 0.1) is 12.2 Å². The van der Waals surface area contributed by atoms with E-state index in [9.17, 15) is 0 Å². The summed E-state index contributed by atoms with van der Waals surface area (Å²) in [5.41, 5.74) is 3.72. The monoisotopic (exact) mass is 293 g/mol. The lowest BCUT2D eigenvalue weighted by atomic mass is 9.97. The van der Waals surface area contributed by atoms with Crippen molar-refractivity contribution >= 4 is 15.9 Å². The molecule has 90 valence electrons. The van der Waals surface area contributed by atoms with Crippen LogP contribution in [0.25, 0.3) is 0 Å². The molecule has 0 fully saturated rings. The second-order valence-electron chi connectivity index (χ2n) is 4.17. The molecule has 4 heteroatoms. The van der Waals surface area contributed by atoms with Crippen LogP contribution < -0.4 is 5.32 Å². The molecule has 0 saturated carbocycles. The van der Waals surface area contributed by atoms with Crippen molar-refractivity contribution in [1.82, 2.24) is 15.1 Å². The summed E-state index contributed by atoms with van der Waals surface area (Å²) >= 11 is 3.52. The molecular formula is C13H16BrN3. The van der Waals surface area contributed by atoms with Crippen LogP contribution in [0.3, 0.4) is 0 Å². The van der Waals surface area contributed by atoms with Gasteiger partial charge >= 0.3 is 0 Å². The fourth-order valence-corrected chi connectivity index (χ4v) is 2.39. The topological polar surface area (TPSA) is 29.9 Å². The molecule has 1 aromatic heterocycles. The molecule has 1 atom stereocenters. The number of halogens is 1. The van der Waals surface area contributed by atoms with Crippen LogP contribution in [0.15, 0.2) is 35.1 Å². The van der Waals surface area contributed by atoms with E-state index in [4.69, 9.17) is 0 Å². The smallest absolute Gasteiger partial charge is 0.0608 e. The average molecular weight is 294 g/mol. The molecule has 2 rings (SSSR count). The molecule has 2 aromatic rings. The quantitative estimate of drug-likeness (QED) is 0.943. The normalized spacial score (nSPS) is 12.7. The minimum Gasteiger partial charge on any atom is -0.309 e. The number of benzene rings is 1. The van der Waals surface area contributed by atoms with E-state index in [0.717, 1.165) is 4.47 Å². The van der Waals surface area contributed by atoms with Crippen LogP contribution in [0.4, 0.5) is 0 Å². The van der Waals surface area contributed by atoms with Crippen molar-refractivity contribution in [3.63, 3.8) is 0 Å². The van der Waals surface area contributed by atoms with Gasteiger partial charge < -0.3 is 5.32 Å². The van der Waals surface area contributed by atoms with Gasteiger partial charge in [0.25, 0.3) is 0 Å². The Morgan fingerprint density at radius 3 is 2.76 bits per heavy atom. The lowest BCUT2D eigenvalue weighted by Gasteiger charge is -2.17. The van der Waals surface area contributed by atoms with Crippen LogP contribution in [-0.4, -0.2) is 16.8 Å². The summed E-state index contributed by atoms with van der Waals surface area (Å²) in [6.07, 6.45) is 3.95. The second-order valence-corrected chi connectivity index (χ2v) is 5.09. The number of aryl methyl sites for hydroxylation is 2. The van der Waals surface area contributed by atoms with Crippen LogP contribution in [-0.2, 0) is 7.05 Å². The minimum atomic E-state index is 0.182. The fourth-order valence-electron chi connectivity index (χ4n) is 2.01. The Labute approximate surface area is 110 Å². The first kappa shape index (κ1) is 12.3. The van der Waals surface area contributed by atoms with Gasteiger partial charge in [-0.15, -0.1) is 0 Å². The van der Waals surface area contributed by atoms with E-state index in [1.807, 2.05) is 31.2 Å². The van der Waals surface area contributed by atoms with Gasteiger partial charge in [0, 0.05) is 23.3 Å². The third kappa shape index (κ3) is 2.58. The highest BCUT2D eigenvalue weighted by Gasteiger charge is 2.15. The first-order valence-electron chi connectivity index (χ1n) is 5.53. The Balaban J connectivity index is 2.45. The van der Waals surface area contributed by atoms with Crippen molar-refractivity contribution in [2.45, 2.75) is 13.0 Å². The number of hydrogen-bond acceptors (Lipinski definition) is 2. The molecular weight excluding hydrogens is 278 g/mol. The molecule has 0 amide bonds. The fraction of sp³-hybridized carbons (Fsp3) is 0.308. The number of aromatic nitrogens is 2. The average Bonchev–Trinajstić information content (AvgIpc) is 2.71. The van der Waals surface area contributed by atoms with Gasteiger partial charge in [0.1, 0.15) is 0 Å². The predicted molar refractivity (Wildman–Crippen MR) is 73.0 cm³/mol. The summed E-state index contributed by atoms with van der Waals surface area (Å²) in [7, 11) is 3.90. The molecule has 0 bridgehead atoms. The SMILES string of the molecule is CNC(c1cnn(C)c1)c1cc(Br)ccc1C. The van der Waals surface area contributed by atoms with Crippen LogP contribution in [0.2, 0.25) is 0 Å². The van der Waals surface area contributed by atoms with Crippen LogP contribution in [0.5, 0.6) is 0 Å². The summed E-state index contributed by atoms with van der Waals surface area (Å²) in [4.78, 5) is 0. The molecule has 1 N–H and O–H groups in total. The van der Waals surface area contributed by atoms with Crippen molar-refractivity contribution in [2.24, 2.45) is 7.05 Å². The van der Waals surface area contributed by atoms with Gasteiger partial charge in [-0.3, -0.25) is 4.68 Å².